The summed E-state index contributed by atoms with van der Waals surface area (Å²) >= 11 is 0. The number of aromatic carboxylic acids is 1. The van der Waals surface area contributed by atoms with Crippen LogP contribution >= 0.6 is 0 Å². The van der Waals surface area contributed by atoms with Gasteiger partial charge >= 0.3 is 12.0 Å². The number of benzene rings is 1. The van der Waals surface area contributed by atoms with E-state index in [0.29, 0.717) is 25.6 Å². The van der Waals surface area contributed by atoms with E-state index in [2.05, 4.69) is 19.2 Å². The molecule has 0 spiro atoms. The summed E-state index contributed by atoms with van der Waals surface area (Å²) in [5.41, 5.74) is 1.12. The van der Waals surface area contributed by atoms with Gasteiger partial charge in [-0.25, -0.2) is 9.59 Å². The Labute approximate surface area is 149 Å². The first-order chi connectivity index (χ1) is 12.0. The van der Waals surface area contributed by atoms with Gasteiger partial charge in [0.2, 0.25) is 0 Å². The summed E-state index contributed by atoms with van der Waals surface area (Å²) in [6.45, 7) is 6.97. The van der Waals surface area contributed by atoms with Crippen LogP contribution in [0.15, 0.2) is 24.3 Å². The zero-order valence-corrected chi connectivity index (χ0v) is 15.0. The van der Waals surface area contributed by atoms with Crippen molar-refractivity contribution in [2.45, 2.75) is 45.8 Å². The van der Waals surface area contributed by atoms with Crippen LogP contribution < -0.4 is 5.32 Å². The molecule has 0 unspecified atom stereocenters. The van der Waals surface area contributed by atoms with Gasteiger partial charge in [-0.3, -0.25) is 0 Å². The number of nitrogens with one attached hydrogen (secondary N) is 1. The predicted octanol–water partition coefficient (Wildman–Crippen LogP) is 3.12. The highest BCUT2D eigenvalue weighted by Crippen LogP contribution is 2.15. The lowest BCUT2D eigenvalue weighted by molar-refractivity contribution is 0.0102. The minimum Gasteiger partial charge on any atom is -0.478 e. The number of carboxylic acids is 1. The van der Waals surface area contributed by atoms with Gasteiger partial charge in [0, 0.05) is 26.2 Å². The standard InChI is InChI=1S/C19H28N2O4/c1-14(2)9-12-25-17-7-10-21(11-8-17)19(24)20-13-15-3-5-16(6-4-15)18(22)23/h3-6,14,17H,7-13H2,1-2H3,(H,20,24)(H,22,23). The molecule has 1 aliphatic rings. The zero-order valence-electron chi connectivity index (χ0n) is 15.0. The van der Waals surface area contributed by atoms with Crippen molar-refractivity contribution in [2.24, 2.45) is 5.92 Å². The van der Waals surface area contributed by atoms with Crippen LogP contribution in [0.2, 0.25) is 0 Å². The molecule has 2 rings (SSSR count). The number of nitrogens with zero attached hydrogens (tertiary/aromatic N) is 1. The molecule has 1 saturated heterocycles. The van der Waals surface area contributed by atoms with Crippen LogP contribution in [0.4, 0.5) is 4.79 Å². The number of hydrogen-bond acceptors (Lipinski definition) is 3. The average Bonchev–Trinajstić information content (AvgIpc) is 2.60. The third-order valence-electron chi connectivity index (χ3n) is 4.42. The highest BCUT2D eigenvalue weighted by Gasteiger charge is 2.23. The number of amides is 2. The molecule has 0 saturated carbocycles. The number of hydrogen-bond donors (Lipinski definition) is 2. The molecule has 2 amide bonds. The van der Waals surface area contributed by atoms with Crippen LogP contribution in [-0.2, 0) is 11.3 Å². The van der Waals surface area contributed by atoms with Crippen LogP contribution in [-0.4, -0.2) is 47.8 Å². The molecule has 6 nitrogen and oxygen atoms in total. The van der Waals surface area contributed by atoms with E-state index in [1.165, 1.54) is 0 Å². The van der Waals surface area contributed by atoms with Crippen molar-refractivity contribution in [1.82, 2.24) is 10.2 Å². The van der Waals surface area contributed by atoms with Crippen molar-refractivity contribution in [3.63, 3.8) is 0 Å². The molecule has 1 aromatic carbocycles. The predicted molar refractivity (Wildman–Crippen MR) is 95.6 cm³/mol. The minimum absolute atomic E-state index is 0.0806. The van der Waals surface area contributed by atoms with Crippen molar-refractivity contribution >= 4 is 12.0 Å². The topological polar surface area (TPSA) is 78.9 Å². The SMILES string of the molecule is CC(C)CCOC1CCN(C(=O)NCc2ccc(C(=O)O)cc2)CC1. The molecule has 1 fully saturated rings. The van der Waals surface area contributed by atoms with Crippen LogP contribution in [0.3, 0.4) is 0 Å². The number of likely N-dealkylation sites (tertiary alicyclic amines) is 1. The normalized spacial score (nSPS) is 15.4. The number of carbonyl (C=O) groups is 2. The Bertz CT molecular complexity index is 563. The second kappa shape index (κ2) is 9.42. The third kappa shape index (κ3) is 6.38. The van der Waals surface area contributed by atoms with Crippen molar-refractivity contribution in [3.8, 4) is 0 Å². The van der Waals surface area contributed by atoms with E-state index in [1.807, 2.05) is 4.90 Å². The average molecular weight is 348 g/mol. The molecule has 1 aliphatic heterocycles. The van der Waals surface area contributed by atoms with E-state index in [0.717, 1.165) is 31.4 Å². The molecular weight excluding hydrogens is 320 g/mol. The molecule has 0 bridgehead atoms. The molecular formula is C19H28N2O4. The van der Waals surface area contributed by atoms with E-state index < -0.39 is 5.97 Å². The van der Waals surface area contributed by atoms with Crippen molar-refractivity contribution in [2.75, 3.05) is 19.7 Å². The fourth-order valence-corrected chi connectivity index (χ4v) is 2.75. The lowest BCUT2D eigenvalue weighted by atomic mass is 10.1. The van der Waals surface area contributed by atoms with Gasteiger partial charge in [0.15, 0.2) is 0 Å². The molecule has 0 radical (unpaired) electrons. The molecule has 0 atom stereocenters. The summed E-state index contributed by atoms with van der Waals surface area (Å²) in [5.74, 6) is -0.301. The number of carboxylic acid groups (broad SMARTS) is 1. The van der Waals surface area contributed by atoms with Crippen molar-refractivity contribution in [1.29, 1.82) is 0 Å². The van der Waals surface area contributed by atoms with Crippen LogP contribution in [0.1, 0.15) is 49.0 Å². The van der Waals surface area contributed by atoms with Crippen LogP contribution in [0, 0.1) is 5.92 Å². The molecule has 138 valence electrons. The van der Waals surface area contributed by atoms with Crippen LogP contribution in [0.5, 0.6) is 0 Å². The van der Waals surface area contributed by atoms with Gasteiger partial charge < -0.3 is 20.1 Å². The molecule has 1 heterocycles. The summed E-state index contributed by atoms with van der Waals surface area (Å²) in [5, 5.41) is 11.8. The first-order valence-corrected chi connectivity index (χ1v) is 8.92. The summed E-state index contributed by atoms with van der Waals surface area (Å²) < 4.78 is 5.88. The van der Waals surface area contributed by atoms with Crippen molar-refractivity contribution in [3.05, 3.63) is 35.4 Å². The van der Waals surface area contributed by atoms with Gasteiger partial charge in [0.1, 0.15) is 0 Å². The molecule has 6 heteroatoms. The number of carbonyl (C=O) groups excluding carboxylic acids is 1. The summed E-state index contributed by atoms with van der Waals surface area (Å²) in [4.78, 5) is 24.9. The monoisotopic (exact) mass is 348 g/mol. The largest absolute Gasteiger partial charge is 0.478 e. The molecule has 0 aliphatic carbocycles. The van der Waals surface area contributed by atoms with E-state index in [-0.39, 0.29) is 17.7 Å². The molecule has 1 aromatic rings. The van der Waals surface area contributed by atoms with Gasteiger partial charge in [-0.05, 0) is 42.9 Å². The van der Waals surface area contributed by atoms with Gasteiger partial charge in [0.05, 0.1) is 11.7 Å². The fraction of sp³-hybridized carbons (Fsp3) is 0.579. The van der Waals surface area contributed by atoms with Gasteiger partial charge in [0.25, 0.3) is 0 Å². The second-order valence-electron chi connectivity index (χ2n) is 6.90. The Morgan fingerprint density at radius 3 is 2.44 bits per heavy atom. The minimum atomic E-state index is -0.950. The molecule has 2 N–H and O–H groups in total. The van der Waals surface area contributed by atoms with Crippen LogP contribution in [0.25, 0.3) is 0 Å². The highest BCUT2D eigenvalue weighted by atomic mass is 16.5. The lowest BCUT2D eigenvalue weighted by Crippen LogP contribution is -2.45. The Morgan fingerprint density at radius 2 is 1.88 bits per heavy atom. The first kappa shape index (κ1) is 19.2. The number of urea groups is 1. The number of ether oxygens (including phenoxy) is 1. The molecule has 0 aromatic heterocycles. The first-order valence-electron chi connectivity index (χ1n) is 8.92. The Hall–Kier alpha value is -2.08. The number of rotatable bonds is 7. The maximum absolute atomic E-state index is 12.2. The summed E-state index contributed by atoms with van der Waals surface area (Å²) in [6, 6.07) is 6.45. The van der Waals surface area contributed by atoms with E-state index >= 15 is 0 Å². The lowest BCUT2D eigenvalue weighted by Gasteiger charge is -2.32. The van der Waals surface area contributed by atoms with E-state index in [1.54, 1.807) is 24.3 Å². The molecule has 25 heavy (non-hydrogen) atoms. The Morgan fingerprint density at radius 1 is 1.24 bits per heavy atom. The summed E-state index contributed by atoms with van der Waals surface area (Å²) in [7, 11) is 0. The van der Waals surface area contributed by atoms with E-state index in [4.69, 9.17) is 9.84 Å². The van der Waals surface area contributed by atoms with Crippen molar-refractivity contribution < 1.29 is 19.4 Å². The highest BCUT2D eigenvalue weighted by molar-refractivity contribution is 5.87. The third-order valence-corrected chi connectivity index (χ3v) is 4.42. The van der Waals surface area contributed by atoms with Gasteiger partial charge in [-0.15, -0.1) is 0 Å². The smallest absolute Gasteiger partial charge is 0.335 e. The Kier molecular flexibility index (Phi) is 7.25. The van der Waals surface area contributed by atoms with E-state index in [9.17, 15) is 9.59 Å². The maximum atomic E-state index is 12.2. The zero-order chi connectivity index (χ0) is 18.2. The quantitative estimate of drug-likeness (QED) is 0.793. The fourth-order valence-electron chi connectivity index (χ4n) is 2.75. The second-order valence-corrected chi connectivity index (χ2v) is 6.90. The van der Waals surface area contributed by atoms with Gasteiger partial charge in [-0.2, -0.15) is 0 Å². The van der Waals surface area contributed by atoms with Gasteiger partial charge in [-0.1, -0.05) is 26.0 Å². The Balaban J connectivity index is 1.69. The summed E-state index contributed by atoms with van der Waals surface area (Å²) in [6.07, 6.45) is 3.07. The maximum Gasteiger partial charge on any atom is 0.335 e. The number of piperidine rings is 1.